The molecule has 2 atom stereocenters. The number of aliphatic hydroxyl groups excluding tert-OH is 2. The smallest absolute Gasteiger partial charge is 0.306 e. The van der Waals surface area contributed by atoms with Crippen LogP contribution < -0.4 is 19.5 Å². The highest BCUT2D eigenvalue weighted by molar-refractivity contribution is 6.32. The van der Waals surface area contributed by atoms with Gasteiger partial charge in [-0.15, -0.1) is 0 Å². The highest BCUT2D eigenvalue weighted by Crippen LogP contribution is 2.37. The Bertz CT molecular complexity index is 2390. The number of pyridine rings is 1. The highest BCUT2D eigenvalue weighted by atomic mass is 35.5. The Morgan fingerprint density at radius 3 is 1.93 bits per heavy atom. The number of aromatic hydroxyl groups is 1. The number of hydrogen-bond donors (Lipinski definition) is 6. The Balaban J connectivity index is 1.29. The molecule has 5 aromatic rings. The lowest BCUT2D eigenvalue weighted by Gasteiger charge is -2.19. The number of nitriles is 1. The number of phenols is 1. The number of halogens is 2. The fourth-order valence-corrected chi connectivity index (χ4v) is 7.18. The van der Waals surface area contributed by atoms with Crippen LogP contribution in [0.1, 0.15) is 70.2 Å². The zero-order valence-corrected chi connectivity index (χ0v) is 35.2. The number of carboxylic acids is 2. The maximum Gasteiger partial charge on any atom is 0.306 e. The lowest BCUT2D eigenvalue weighted by Crippen LogP contribution is -2.28. The second-order valence-electron chi connectivity index (χ2n) is 14.6. The molecule has 0 saturated carbocycles. The zero-order valence-electron chi connectivity index (χ0n) is 33.7. The van der Waals surface area contributed by atoms with E-state index in [1.807, 2.05) is 50.2 Å². The molecule has 0 amide bonds. The summed E-state index contributed by atoms with van der Waals surface area (Å²) in [4.78, 5) is 25.9. The first-order valence-electron chi connectivity index (χ1n) is 19.5. The van der Waals surface area contributed by atoms with Crippen LogP contribution in [0.15, 0.2) is 79.1 Å². The first kappa shape index (κ1) is 46.2. The molecule has 5 rings (SSSR count). The zero-order chi connectivity index (χ0) is 44.1. The van der Waals surface area contributed by atoms with Crippen molar-refractivity contribution in [2.75, 3.05) is 6.54 Å². The minimum atomic E-state index is -1.11. The van der Waals surface area contributed by atoms with E-state index in [9.17, 15) is 30.2 Å². The van der Waals surface area contributed by atoms with Crippen LogP contribution in [-0.2, 0) is 42.4 Å². The summed E-state index contributed by atoms with van der Waals surface area (Å²) >= 11 is 13.3. The van der Waals surface area contributed by atoms with E-state index in [2.05, 4.69) is 16.4 Å². The average Bonchev–Trinajstić information content (AvgIpc) is 3.21. The molecule has 0 bridgehead atoms. The van der Waals surface area contributed by atoms with E-state index in [0.717, 1.165) is 33.4 Å². The minimum absolute atomic E-state index is 0.00390. The molecule has 1 heterocycles. The van der Waals surface area contributed by atoms with Gasteiger partial charge in [0.25, 0.3) is 0 Å². The number of rotatable bonds is 22. The molecule has 61 heavy (non-hydrogen) atoms. The van der Waals surface area contributed by atoms with Gasteiger partial charge in [-0.3, -0.25) is 14.6 Å². The van der Waals surface area contributed by atoms with Gasteiger partial charge in [0.05, 0.1) is 40.7 Å². The van der Waals surface area contributed by atoms with E-state index in [-0.39, 0.29) is 51.5 Å². The van der Waals surface area contributed by atoms with E-state index in [4.69, 9.17) is 47.6 Å². The Kier molecular flexibility index (Phi) is 16.7. The summed E-state index contributed by atoms with van der Waals surface area (Å²) in [5, 5.41) is 61.4. The molecule has 13 nitrogen and oxygen atoms in total. The van der Waals surface area contributed by atoms with Crippen LogP contribution in [0.5, 0.6) is 23.0 Å². The molecule has 0 saturated heterocycles. The van der Waals surface area contributed by atoms with Crippen molar-refractivity contribution in [3.63, 3.8) is 0 Å². The number of carbonyl (C=O) groups is 2. The number of carboxylic acid groups (broad SMARTS) is 2. The summed E-state index contributed by atoms with van der Waals surface area (Å²) in [6.45, 7) is 4.71. The minimum Gasteiger partial charge on any atom is -0.508 e. The van der Waals surface area contributed by atoms with Crippen molar-refractivity contribution >= 4 is 35.1 Å². The molecule has 6 N–H and O–H groups in total. The van der Waals surface area contributed by atoms with Gasteiger partial charge in [0.15, 0.2) is 0 Å². The van der Waals surface area contributed by atoms with Crippen LogP contribution in [0, 0.1) is 25.2 Å². The van der Waals surface area contributed by atoms with Gasteiger partial charge in [-0.05, 0) is 90.3 Å². The monoisotopic (exact) mass is 871 g/mol. The van der Waals surface area contributed by atoms with Crippen LogP contribution in [-0.4, -0.2) is 61.2 Å². The lowest BCUT2D eigenvalue weighted by atomic mass is 9.92. The summed E-state index contributed by atoms with van der Waals surface area (Å²) in [6, 6.07) is 22.1. The van der Waals surface area contributed by atoms with E-state index >= 15 is 0 Å². The number of nitrogens with zero attached hydrogens (tertiary/aromatic N) is 2. The van der Waals surface area contributed by atoms with E-state index in [1.165, 1.54) is 12.3 Å². The molecule has 4 aromatic carbocycles. The molecule has 0 aliphatic heterocycles. The van der Waals surface area contributed by atoms with Crippen molar-refractivity contribution in [1.29, 1.82) is 5.26 Å². The number of aliphatic carboxylic acids is 2. The Hall–Kier alpha value is -5.88. The number of nitrogens with one attached hydrogen (secondary N) is 1. The standard InChI is InChI=1S/C46H47Cl2N3O10/c1-27-32(25-60-43-17-41(54)31(13-39(43)47)6-3-9-35(52)15-45(55)56)7-4-10-37(27)38-11-5-8-33(28(38)2)26-61-44-18-42(59-24-30-12-29(19-49)20-50-21-30)34(14-40(44)48)22-51-23-36(53)16-46(57)58/h4-5,7-8,10-14,17-18,20-21,35-36,51-54H,3,6,9,15-16,22-26H2,1-2H3,(H,55,56)(H,57,58)/t35-,36+/m1/s1. The van der Waals surface area contributed by atoms with Crippen molar-refractivity contribution in [2.45, 2.75) is 84.5 Å². The van der Waals surface area contributed by atoms with Gasteiger partial charge < -0.3 is 45.1 Å². The molecule has 0 unspecified atom stereocenters. The van der Waals surface area contributed by atoms with Gasteiger partial charge in [-0.25, -0.2) is 0 Å². The maximum atomic E-state index is 11.0. The van der Waals surface area contributed by atoms with Crippen LogP contribution in [0.4, 0.5) is 0 Å². The lowest BCUT2D eigenvalue weighted by molar-refractivity contribution is -0.140. The van der Waals surface area contributed by atoms with Gasteiger partial charge in [0.2, 0.25) is 0 Å². The van der Waals surface area contributed by atoms with Crippen molar-refractivity contribution in [2.24, 2.45) is 0 Å². The second kappa shape index (κ2) is 22.1. The number of benzene rings is 4. The van der Waals surface area contributed by atoms with Gasteiger partial charge >= 0.3 is 11.9 Å². The Morgan fingerprint density at radius 1 is 0.754 bits per heavy atom. The largest absolute Gasteiger partial charge is 0.508 e. The van der Waals surface area contributed by atoms with Crippen molar-refractivity contribution in [1.82, 2.24) is 10.3 Å². The van der Waals surface area contributed by atoms with Crippen molar-refractivity contribution in [3.8, 4) is 40.2 Å². The van der Waals surface area contributed by atoms with E-state index in [1.54, 1.807) is 30.5 Å². The third-order valence-corrected chi connectivity index (χ3v) is 10.6. The first-order valence-corrected chi connectivity index (χ1v) is 20.2. The van der Waals surface area contributed by atoms with Gasteiger partial charge in [0, 0.05) is 48.7 Å². The summed E-state index contributed by atoms with van der Waals surface area (Å²) in [6.07, 6.45) is 1.42. The Morgan fingerprint density at radius 2 is 1.33 bits per heavy atom. The number of ether oxygens (including phenoxy) is 3. The van der Waals surface area contributed by atoms with Gasteiger partial charge in [-0.1, -0.05) is 59.6 Å². The van der Waals surface area contributed by atoms with E-state index in [0.29, 0.717) is 62.4 Å². The fraction of sp³-hybridized carbons (Fsp3) is 0.304. The second-order valence-corrected chi connectivity index (χ2v) is 15.4. The summed E-state index contributed by atoms with van der Waals surface area (Å²) in [5.74, 6) is -1.08. The summed E-state index contributed by atoms with van der Waals surface area (Å²) < 4.78 is 18.6. The molecule has 0 fully saturated rings. The molecule has 0 aliphatic rings. The molecule has 0 aliphatic carbocycles. The molecular formula is C46H47Cl2N3O10. The molecular weight excluding hydrogens is 825 g/mol. The van der Waals surface area contributed by atoms with Crippen LogP contribution in [0.3, 0.4) is 0 Å². The number of hydrogen-bond acceptors (Lipinski definition) is 11. The number of phenolic OH excluding ortho intramolecular Hbond substituents is 1. The van der Waals surface area contributed by atoms with Crippen LogP contribution in [0.25, 0.3) is 11.1 Å². The quantitative estimate of drug-likeness (QED) is 0.0389. The third kappa shape index (κ3) is 13.3. The number of aromatic nitrogens is 1. The SMILES string of the molecule is Cc1c(COc2cc(O)c(CCC[C@@H](O)CC(=O)O)cc2Cl)cccc1-c1cccc(COc2cc(OCc3cncc(C#N)c3)c(CNC[C@@H](O)CC(=O)O)cc2Cl)c1C. The first-order chi connectivity index (χ1) is 29.2. The summed E-state index contributed by atoms with van der Waals surface area (Å²) in [5.41, 5.74) is 8.04. The van der Waals surface area contributed by atoms with E-state index < -0.39 is 30.6 Å². The Labute approximate surface area is 363 Å². The predicted octanol–water partition coefficient (Wildman–Crippen LogP) is 8.07. The van der Waals surface area contributed by atoms with Crippen molar-refractivity contribution < 1.29 is 49.3 Å². The van der Waals surface area contributed by atoms with Gasteiger partial charge in [0.1, 0.15) is 48.9 Å². The highest BCUT2D eigenvalue weighted by Gasteiger charge is 2.18. The fourth-order valence-electron chi connectivity index (χ4n) is 6.70. The van der Waals surface area contributed by atoms with Crippen LogP contribution >= 0.6 is 23.2 Å². The predicted molar refractivity (Wildman–Crippen MR) is 229 cm³/mol. The van der Waals surface area contributed by atoms with Crippen LogP contribution in [0.2, 0.25) is 10.0 Å². The van der Waals surface area contributed by atoms with Gasteiger partial charge in [-0.2, -0.15) is 5.26 Å². The normalized spacial score (nSPS) is 12.0. The summed E-state index contributed by atoms with van der Waals surface area (Å²) in [7, 11) is 0. The maximum absolute atomic E-state index is 11.0. The molecule has 0 radical (unpaired) electrons. The average molecular weight is 873 g/mol. The molecule has 15 heteroatoms. The number of aryl methyl sites for hydroxylation is 1. The molecule has 320 valence electrons. The van der Waals surface area contributed by atoms with Crippen molar-refractivity contribution in [3.05, 3.63) is 134 Å². The molecule has 1 aromatic heterocycles. The molecule has 0 spiro atoms. The topological polar surface area (TPSA) is 212 Å². The number of aliphatic hydroxyl groups is 2. The third-order valence-electron chi connectivity index (χ3n) is 10.0.